The highest BCUT2D eigenvalue weighted by Crippen LogP contribution is 2.41. The molecular weight excluding hydrogens is 1590 g/mol. The van der Waals surface area contributed by atoms with Crippen LogP contribution in [0.25, 0.3) is 0 Å². The van der Waals surface area contributed by atoms with Crippen LogP contribution in [-0.4, -0.2) is 491 Å². The largest absolute Gasteiger partial charge is 0.477 e. The lowest BCUT2D eigenvalue weighted by molar-refractivity contribution is -0.391. The molecule has 3 amide bonds. The van der Waals surface area contributed by atoms with Gasteiger partial charge in [0, 0.05) is 27.7 Å². The van der Waals surface area contributed by atoms with Crippen molar-refractivity contribution < 1.29 is 237 Å². The Morgan fingerprint density at radius 1 is 0.405 bits per heavy atom. The Bertz CT molecular complexity index is 3110. The number of carbonyl (C=O) groups is 5. The molecule has 116 heavy (non-hydrogen) atoms. The van der Waals surface area contributed by atoms with Crippen molar-refractivity contribution in [2.75, 3.05) is 52.9 Å². The standard InChI is InChI=1S/C65H109N3O48/c1-16-34(82)41(89)45(93)59(102-16)113-54-32(67-19(4)76)57(106-27(12-73)51(54)112-62-48(96)44(92)39(87)30(109-62)15-101-65(64(98)99)7-25(104-21(6)78)31(66-18(3)75)53(116-65)37(85)23(80)9-70)100-14-29-40(88)56(49(97)63(108-29)110-50(24(81)10-71)36(84)22(79)8-69)115-58-33(68-20(5)77)55(114-60-46(94)42(90)35(83)17(2)103-60)52(28(13-74)107-58)111-61-47(95)43(91)38(86)26(11-72)105-61/h16-17,22-63,69-74,79-97H,7-15H2,1-6H3,(H,66,75)(H,67,76)(H,68,77)(H,98,99)/t16-,17-,22-,23+,24+,25-,26+,27+,28+,29+,30+,31+,32+,33+,34+,35+,36+,37+,38-,39-,40-,41+,42+,43-,44-,45-,46-,47+,48+,49+,50+,51+,52+,53+,54+,55+,56-,57+,58-,59-,60-,61-,62-,63-,65+/m0/s1. The molecule has 29 N–H and O–H groups in total. The minimum Gasteiger partial charge on any atom is -0.477 e. The van der Waals surface area contributed by atoms with Gasteiger partial charge in [0.25, 0.3) is 5.79 Å². The fraction of sp³-hybridized carbons (Fsp3) is 0.923. The van der Waals surface area contributed by atoms with Crippen molar-refractivity contribution in [1.29, 1.82) is 0 Å². The quantitative estimate of drug-likeness (QED) is 0.0266. The summed E-state index contributed by atoms with van der Waals surface area (Å²) in [6.45, 7) is -3.81. The molecule has 0 bridgehead atoms. The van der Waals surface area contributed by atoms with Gasteiger partial charge in [0.05, 0.1) is 77.5 Å². The molecule has 0 aromatic carbocycles. The number of nitrogens with one attached hydrogen (secondary N) is 3. The second-order valence-electron chi connectivity index (χ2n) is 29.2. The molecule has 0 unspecified atom stereocenters. The van der Waals surface area contributed by atoms with Crippen molar-refractivity contribution >= 4 is 29.7 Å². The zero-order chi connectivity index (χ0) is 86.3. The lowest BCUT2D eigenvalue weighted by Gasteiger charge is -2.52. The van der Waals surface area contributed by atoms with Crippen LogP contribution in [0.15, 0.2) is 0 Å². The molecule has 672 valence electrons. The molecule has 8 saturated heterocycles. The summed E-state index contributed by atoms with van der Waals surface area (Å²) in [4.78, 5) is 65.3. The number of carbonyl (C=O) groups excluding carboxylic acids is 4. The van der Waals surface area contributed by atoms with Crippen molar-refractivity contribution in [2.24, 2.45) is 0 Å². The lowest BCUT2D eigenvalue weighted by Crippen LogP contribution is -2.71. The van der Waals surface area contributed by atoms with Gasteiger partial charge < -0.3 is 229 Å². The number of hydrogen-bond donors (Lipinski definition) is 29. The predicted octanol–water partition coefficient (Wildman–Crippen LogP) is -18.7. The van der Waals surface area contributed by atoms with Crippen LogP contribution in [0.1, 0.15) is 48.0 Å². The number of aliphatic carboxylic acids is 1. The molecule has 45 atom stereocenters. The van der Waals surface area contributed by atoms with Gasteiger partial charge in [-0.15, -0.1) is 0 Å². The fourth-order valence-corrected chi connectivity index (χ4v) is 14.4. The fourth-order valence-electron chi connectivity index (χ4n) is 14.4. The van der Waals surface area contributed by atoms with Gasteiger partial charge in [-0.2, -0.15) is 0 Å². The smallest absolute Gasteiger partial charge is 0.364 e. The number of esters is 1. The van der Waals surface area contributed by atoms with Gasteiger partial charge in [-0.3, -0.25) is 19.2 Å². The van der Waals surface area contributed by atoms with Crippen LogP contribution < -0.4 is 16.0 Å². The monoisotopic (exact) mass is 1700 g/mol. The first kappa shape index (κ1) is 97.2. The number of hydrogen-bond acceptors (Lipinski definition) is 47. The van der Waals surface area contributed by atoms with E-state index in [9.17, 15) is 157 Å². The number of aliphatic hydroxyl groups excluding tert-OH is 25. The van der Waals surface area contributed by atoms with E-state index in [2.05, 4.69) is 16.0 Å². The van der Waals surface area contributed by atoms with Gasteiger partial charge in [-0.1, -0.05) is 0 Å². The first-order valence-corrected chi connectivity index (χ1v) is 36.8. The van der Waals surface area contributed by atoms with Crippen molar-refractivity contribution in [3.8, 4) is 0 Å². The molecular formula is C65H109N3O48. The molecule has 51 heteroatoms. The zero-order valence-corrected chi connectivity index (χ0v) is 62.9. The summed E-state index contributed by atoms with van der Waals surface area (Å²) in [6, 6.07) is -5.81. The van der Waals surface area contributed by atoms with E-state index in [1.165, 1.54) is 13.8 Å². The first-order valence-electron chi connectivity index (χ1n) is 36.8. The topological polar surface area (TPSA) is 804 Å². The van der Waals surface area contributed by atoms with Gasteiger partial charge in [0.1, 0.15) is 207 Å². The minimum absolute atomic E-state index is 0.866. The molecule has 8 aliphatic rings. The maximum atomic E-state index is 13.6. The Balaban J connectivity index is 1.17. The van der Waals surface area contributed by atoms with E-state index in [0.717, 1.165) is 27.7 Å². The summed E-state index contributed by atoms with van der Waals surface area (Å²) in [5, 5.41) is 293. The average Bonchev–Trinajstić information content (AvgIpc) is 0.960. The zero-order valence-electron chi connectivity index (χ0n) is 62.9. The van der Waals surface area contributed by atoms with E-state index >= 15 is 0 Å². The maximum absolute atomic E-state index is 13.6. The van der Waals surface area contributed by atoms with Crippen LogP contribution >= 0.6 is 0 Å². The highest BCUT2D eigenvalue weighted by Gasteiger charge is 2.62. The van der Waals surface area contributed by atoms with Gasteiger partial charge in [0.15, 0.2) is 44.0 Å². The van der Waals surface area contributed by atoms with Crippen molar-refractivity contribution in [2.45, 2.75) is 323 Å². The SMILES string of the molecule is CC(=O)N[C@H]1[C@H](OC[C@H]2O[C@@H](O[C@@H]([C@H](O)[C@@H](O)CO)[C@H](O)CO)[C@H](O)[C@@H](O[C@@H]3O[C@H](CO)[C@@H](O[C@@H]4O[C@H](CO)[C@H](O)[C@H](O)[C@H]4O)[C@H](O[C@@H]4O[C@@H](C)[C@@H](O)[C@@H](O)[C@@H]4O)[C@H]3NC(C)=O)[C@H]2O)O[C@H](CO)[C@@H](O[C@@H]2O[C@H](CO[C@]3(C(=O)O)C[C@H](OC(C)=O)[C@@H](NC(C)=O)[C@H]([C@H](O)[C@H](O)CO)O3)[C@H](O)[C@H](O)[C@H]2O)[C@@H]1O[C@@H]1O[C@@H](C)[C@@H](O)[C@@H](O)[C@@H]1O. The Kier molecular flexibility index (Phi) is 35.3. The van der Waals surface area contributed by atoms with Crippen molar-refractivity contribution in [1.82, 2.24) is 16.0 Å². The van der Waals surface area contributed by atoms with E-state index in [1.807, 2.05) is 0 Å². The number of carboxylic acids is 1. The van der Waals surface area contributed by atoms with Gasteiger partial charge >= 0.3 is 11.9 Å². The molecule has 0 saturated carbocycles. The highest BCUT2D eigenvalue weighted by molar-refractivity contribution is 5.77. The lowest BCUT2D eigenvalue weighted by atomic mass is 9.88. The first-order chi connectivity index (χ1) is 54.5. The van der Waals surface area contributed by atoms with Gasteiger partial charge in [-0.25, -0.2) is 4.79 Å². The minimum atomic E-state index is -3.16. The summed E-state index contributed by atoms with van der Waals surface area (Å²) in [5.41, 5.74) is 0. The number of aliphatic hydroxyl groups is 25. The van der Waals surface area contributed by atoms with Gasteiger partial charge in [-0.05, 0) is 13.8 Å². The summed E-state index contributed by atoms with van der Waals surface area (Å²) < 4.78 is 101. The van der Waals surface area contributed by atoms with Crippen LogP contribution in [0.4, 0.5) is 0 Å². The van der Waals surface area contributed by atoms with Crippen LogP contribution in [0.2, 0.25) is 0 Å². The Labute approximate surface area is 657 Å². The number of carboxylic acid groups (broad SMARTS) is 1. The van der Waals surface area contributed by atoms with Crippen LogP contribution in [0.5, 0.6) is 0 Å². The third-order valence-electron chi connectivity index (χ3n) is 20.8. The van der Waals surface area contributed by atoms with E-state index in [4.69, 9.17) is 80.5 Å². The molecule has 0 aromatic rings. The van der Waals surface area contributed by atoms with Crippen molar-refractivity contribution in [3.05, 3.63) is 0 Å². The third-order valence-corrected chi connectivity index (χ3v) is 20.8. The van der Waals surface area contributed by atoms with E-state index in [0.29, 0.717) is 0 Å². The van der Waals surface area contributed by atoms with E-state index in [1.54, 1.807) is 0 Å². The molecule has 51 nitrogen and oxygen atoms in total. The third kappa shape index (κ3) is 22.0. The summed E-state index contributed by atoms with van der Waals surface area (Å²) >= 11 is 0. The molecule has 8 aliphatic heterocycles. The van der Waals surface area contributed by atoms with Crippen LogP contribution in [0, 0.1) is 0 Å². The number of amides is 3. The molecule has 8 fully saturated rings. The Hall–Kier alpha value is -4.29. The Morgan fingerprint density at radius 3 is 1.24 bits per heavy atom. The number of rotatable bonds is 34. The van der Waals surface area contributed by atoms with E-state index < -0.39 is 364 Å². The highest BCUT2D eigenvalue weighted by atomic mass is 16.8. The molecule has 0 aromatic heterocycles. The normalized spacial score (nSPS) is 45.3. The van der Waals surface area contributed by atoms with Crippen LogP contribution in [0.3, 0.4) is 0 Å². The summed E-state index contributed by atoms with van der Waals surface area (Å²) in [7, 11) is 0. The summed E-state index contributed by atoms with van der Waals surface area (Å²) in [5.74, 6) is -9.27. The molecule has 8 heterocycles. The summed E-state index contributed by atoms with van der Waals surface area (Å²) in [6.07, 6.45) is -89.3. The molecule has 8 rings (SSSR count). The van der Waals surface area contributed by atoms with E-state index in [-0.39, 0.29) is 0 Å². The van der Waals surface area contributed by atoms with Gasteiger partial charge in [0.2, 0.25) is 17.7 Å². The van der Waals surface area contributed by atoms with Crippen LogP contribution in [-0.2, 0) is 104 Å². The predicted molar refractivity (Wildman–Crippen MR) is 358 cm³/mol. The number of ether oxygens (including phenoxy) is 17. The molecule has 0 radical (unpaired) electrons. The second kappa shape index (κ2) is 42.2. The van der Waals surface area contributed by atoms with Crippen molar-refractivity contribution in [3.63, 3.8) is 0 Å². The average molecular weight is 1700 g/mol. The maximum Gasteiger partial charge on any atom is 0.364 e. The molecule has 0 aliphatic carbocycles. The molecule has 0 spiro atoms. The second-order valence-corrected chi connectivity index (χ2v) is 29.2. The Morgan fingerprint density at radius 2 is 0.793 bits per heavy atom.